The van der Waals surface area contributed by atoms with Crippen LogP contribution in [0.1, 0.15) is 13.8 Å². The fourth-order valence-corrected chi connectivity index (χ4v) is 1.32. The monoisotopic (exact) mass is 153 g/mol. The van der Waals surface area contributed by atoms with Crippen molar-refractivity contribution in [3.05, 3.63) is 0 Å². The summed E-state index contributed by atoms with van der Waals surface area (Å²) in [4.78, 5) is 2.35. The van der Waals surface area contributed by atoms with Gasteiger partial charge in [0.25, 0.3) is 0 Å². The molecule has 0 aromatic rings. The summed E-state index contributed by atoms with van der Waals surface area (Å²) in [5, 5.41) is 11.7. The number of likely N-dealkylation sites (tertiary alicyclic amines) is 1. The smallest absolute Gasteiger partial charge is 0.0927 e. The zero-order valence-corrected chi connectivity index (χ0v) is 7.17. The second kappa shape index (κ2) is 3.70. The Morgan fingerprint density at radius 2 is 2.36 bits per heavy atom. The van der Waals surface area contributed by atoms with Crippen LogP contribution < -0.4 is 5.32 Å². The summed E-state index contributed by atoms with van der Waals surface area (Å²) in [6.07, 6.45) is 0. The van der Waals surface area contributed by atoms with Gasteiger partial charge >= 0.3 is 0 Å². The molecule has 0 bridgehead atoms. The third kappa shape index (κ3) is 2.18. The van der Waals surface area contributed by atoms with E-state index >= 15 is 0 Å². The lowest BCUT2D eigenvalue weighted by molar-refractivity contribution is 0.131. The average Bonchev–Trinajstić information content (AvgIpc) is 1.95. The fourth-order valence-electron chi connectivity index (χ4n) is 1.32. The molecule has 0 amide bonds. The average molecular weight is 153 g/mol. The van der Waals surface area contributed by atoms with Crippen molar-refractivity contribution in [3.8, 4) is 6.07 Å². The van der Waals surface area contributed by atoms with Crippen LogP contribution in [0, 0.1) is 11.3 Å². The first-order valence-electron chi connectivity index (χ1n) is 4.14. The zero-order chi connectivity index (χ0) is 8.27. The highest BCUT2D eigenvalue weighted by Gasteiger charge is 2.25. The van der Waals surface area contributed by atoms with Crippen molar-refractivity contribution < 1.29 is 0 Å². The summed E-state index contributed by atoms with van der Waals surface area (Å²) in [6.45, 7) is 7.38. The molecule has 3 nitrogen and oxygen atoms in total. The van der Waals surface area contributed by atoms with Crippen LogP contribution in [0.15, 0.2) is 0 Å². The van der Waals surface area contributed by atoms with Gasteiger partial charge in [0.05, 0.1) is 12.1 Å². The Kier molecular flexibility index (Phi) is 2.86. The highest BCUT2D eigenvalue weighted by atomic mass is 15.2. The second-order valence-electron chi connectivity index (χ2n) is 3.07. The fraction of sp³-hybridized carbons (Fsp3) is 0.875. The molecule has 0 saturated carbocycles. The minimum absolute atomic E-state index is 0.000920. The summed E-state index contributed by atoms with van der Waals surface area (Å²) in [5.74, 6) is 0. The van der Waals surface area contributed by atoms with Gasteiger partial charge < -0.3 is 4.90 Å². The van der Waals surface area contributed by atoms with Crippen LogP contribution >= 0.6 is 0 Å². The molecular weight excluding hydrogens is 138 g/mol. The lowest BCUT2D eigenvalue weighted by atomic mass is 10.1. The van der Waals surface area contributed by atoms with Gasteiger partial charge in [0, 0.05) is 19.1 Å². The van der Waals surface area contributed by atoms with Crippen LogP contribution in [0.2, 0.25) is 0 Å². The molecule has 1 atom stereocenters. The van der Waals surface area contributed by atoms with E-state index in [1.165, 1.54) is 0 Å². The molecule has 0 spiro atoms. The predicted octanol–water partition coefficient (Wildman–Crippen LogP) is 0.192. The Morgan fingerprint density at radius 3 is 2.82 bits per heavy atom. The number of nitrogens with one attached hydrogen (secondary N) is 1. The maximum Gasteiger partial charge on any atom is 0.0927 e. The quantitative estimate of drug-likeness (QED) is 0.629. The van der Waals surface area contributed by atoms with Crippen LogP contribution in [0.3, 0.4) is 0 Å². The van der Waals surface area contributed by atoms with Crippen molar-refractivity contribution >= 4 is 0 Å². The van der Waals surface area contributed by atoms with Crippen molar-refractivity contribution in [2.24, 2.45) is 0 Å². The van der Waals surface area contributed by atoms with Gasteiger partial charge in [0.2, 0.25) is 0 Å². The zero-order valence-electron chi connectivity index (χ0n) is 7.17. The lowest BCUT2D eigenvalue weighted by Gasteiger charge is -2.39. The van der Waals surface area contributed by atoms with Crippen LogP contribution in [0.5, 0.6) is 0 Å². The molecule has 1 aliphatic heterocycles. The molecule has 1 saturated heterocycles. The molecule has 0 aromatic carbocycles. The lowest BCUT2D eigenvalue weighted by Crippen LogP contribution is -2.59. The Morgan fingerprint density at radius 1 is 1.73 bits per heavy atom. The van der Waals surface area contributed by atoms with Crippen LogP contribution in [-0.2, 0) is 0 Å². The maximum atomic E-state index is 8.50. The van der Waals surface area contributed by atoms with E-state index in [4.69, 9.17) is 5.26 Å². The van der Waals surface area contributed by atoms with E-state index in [1.54, 1.807) is 0 Å². The van der Waals surface area contributed by atoms with Crippen molar-refractivity contribution in [3.63, 3.8) is 0 Å². The van der Waals surface area contributed by atoms with Crippen LogP contribution in [-0.4, -0.2) is 36.6 Å². The largest absolute Gasteiger partial charge is 0.300 e. The summed E-state index contributed by atoms with van der Waals surface area (Å²) in [5.41, 5.74) is 0. The van der Waals surface area contributed by atoms with Gasteiger partial charge in [0.15, 0.2) is 0 Å². The predicted molar refractivity (Wildman–Crippen MR) is 44.1 cm³/mol. The number of nitriles is 1. The molecule has 1 aliphatic rings. The molecule has 1 unspecified atom stereocenters. The molecule has 11 heavy (non-hydrogen) atoms. The van der Waals surface area contributed by atoms with Crippen molar-refractivity contribution in [2.45, 2.75) is 25.9 Å². The van der Waals surface area contributed by atoms with E-state index in [-0.39, 0.29) is 6.04 Å². The van der Waals surface area contributed by atoms with Gasteiger partial charge in [-0.3, -0.25) is 5.32 Å². The molecule has 1 heterocycles. The van der Waals surface area contributed by atoms with E-state index in [9.17, 15) is 0 Å². The van der Waals surface area contributed by atoms with Gasteiger partial charge in [-0.15, -0.1) is 0 Å². The molecule has 3 heteroatoms. The minimum atomic E-state index is -0.000920. The van der Waals surface area contributed by atoms with Gasteiger partial charge in [-0.25, -0.2) is 0 Å². The van der Waals surface area contributed by atoms with Crippen molar-refractivity contribution in [2.75, 3.05) is 19.6 Å². The maximum absolute atomic E-state index is 8.50. The number of hydrogen-bond donors (Lipinski definition) is 1. The molecule has 62 valence electrons. The minimum Gasteiger partial charge on any atom is -0.300 e. The van der Waals surface area contributed by atoms with Gasteiger partial charge in [-0.2, -0.15) is 5.26 Å². The number of nitrogens with zero attached hydrogens (tertiary/aromatic N) is 2. The number of likely N-dealkylation sites (N-methyl/N-ethyl adjacent to an activating group) is 1. The van der Waals surface area contributed by atoms with Crippen molar-refractivity contribution in [1.29, 1.82) is 5.26 Å². The van der Waals surface area contributed by atoms with Crippen LogP contribution in [0.4, 0.5) is 0 Å². The SMILES string of the molecule is CCN1CC(NC(C)C#N)C1. The third-order valence-electron chi connectivity index (χ3n) is 2.08. The normalized spacial score (nSPS) is 22.3. The van der Waals surface area contributed by atoms with E-state index in [2.05, 4.69) is 23.2 Å². The van der Waals surface area contributed by atoms with E-state index < -0.39 is 0 Å². The van der Waals surface area contributed by atoms with Gasteiger partial charge in [-0.05, 0) is 13.5 Å². The Labute approximate surface area is 68.0 Å². The standard InChI is InChI=1S/C8H15N3/c1-3-11-5-8(6-11)10-7(2)4-9/h7-8,10H,3,5-6H2,1-2H3. The Bertz CT molecular complexity index is 155. The summed E-state index contributed by atoms with van der Waals surface area (Å²) in [6, 6.07) is 2.71. The Hall–Kier alpha value is -0.590. The topological polar surface area (TPSA) is 39.1 Å². The second-order valence-corrected chi connectivity index (χ2v) is 3.07. The molecule has 0 radical (unpaired) electrons. The summed E-state index contributed by atoms with van der Waals surface area (Å²) < 4.78 is 0. The van der Waals surface area contributed by atoms with Gasteiger partial charge in [-0.1, -0.05) is 6.92 Å². The molecule has 1 rings (SSSR count). The molecule has 1 fully saturated rings. The van der Waals surface area contributed by atoms with Gasteiger partial charge in [0.1, 0.15) is 0 Å². The van der Waals surface area contributed by atoms with E-state index in [0.29, 0.717) is 6.04 Å². The van der Waals surface area contributed by atoms with E-state index in [0.717, 1.165) is 19.6 Å². The van der Waals surface area contributed by atoms with Crippen molar-refractivity contribution in [1.82, 2.24) is 10.2 Å². The molecule has 1 N–H and O–H groups in total. The molecule has 0 aliphatic carbocycles. The summed E-state index contributed by atoms with van der Waals surface area (Å²) >= 11 is 0. The first-order chi connectivity index (χ1) is 5.26. The van der Waals surface area contributed by atoms with E-state index in [1.807, 2.05) is 6.92 Å². The van der Waals surface area contributed by atoms with Crippen LogP contribution in [0.25, 0.3) is 0 Å². The molecular formula is C8H15N3. The summed E-state index contributed by atoms with van der Waals surface area (Å²) in [7, 11) is 0. The number of hydrogen-bond acceptors (Lipinski definition) is 3. The first kappa shape index (κ1) is 8.51. The highest BCUT2D eigenvalue weighted by Crippen LogP contribution is 2.06. The number of rotatable bonds is 3. The Balaban J connectivity index is 2.10. The highest BCUT2D eigenvalue weighted by molar-refractivity contribution is 4.93. The molecule has 0 aromatic heterocycles. The third-order valence-corrected chi connectivity index (χ3v) is 2.08. The first-order valence-corrected chi connectivity index (χ1v) is 4.14.